The zero-order valence-electron chi connectivity index (χ0n) is 6.85. The summed E-state index contributed by atoms with van der Waals surface area (Å²) in [5, 5.41) is 0. The third kappa shape index (κ3) is 1.23. The van der Waals surface area contributed by atoms with Crippen LogP contribution < -0.4 is 0 Å². The van der Waals surface area contributed by atoms with Crippen molar-refractivity contribution in [2.24, 2.45) is 4.99 Å². The maximum Gasteiger partial charge on any atom is 0.0770 e. The molecule has 11 heavy (non-hydrogen) atoms. The summed E-state index contributed by atoms with van der Waals surface area (Å²) in [5.41, 5.74) is 2.49. The fourth-order valence-electron chi connectivity index (χ4n) is 1.38. The maximum atomic E-state index is 4.49. The summed E-state index contributed by atoms with van der Waals surface area (Å²) in [6.45, 7) is 4.25. The van der Waals surface area contributed by atoms with E-state index in [2.05, 4.69) is 24.9 Å². The van der Waals surface area contributed by atoms with Crippen molar-refractivity contribution in [3.05, 3.63) is 15.8 Å². The van der Waals surface area contributed by atoms with Crippen molar-refractivity contribution < 1.29 is 0 Å². The average molecular weight is 165 g/mol. The van der Waals surface area contributed by atoms with Gasteiger partial charge in [0.2, 0.25) is 0 Å². The van der Waals surface area contributed by atoms with Gasteiger partial charge in [-0.2, -0.15) is 0 Å². The van der Waals surface area contributed by atoms with E-state index in [0.29, 0.717) is 0 Å². The summed E-state index contributed by atoms with van der Waals surface area (Å²) >= 11 is 1.89. The minimum absolute atomic E-state index is 1.15. The lowest BCUT2D eigenvalue weighted by Gasteiger charge is -2.06. The molecule has 1 nitrogen and oxygen atoms in total. The Labute approximate surface area is 70.8 Å². The zero-order chi connectivity index (χ0) is 7.84. The Morgan fingerprint density at radius 3 is 3.00 bits per heavy atom. The van der Waals surface area contributed by atoms with E-state index in [1.807, 2.05) is 11.3 Å². The molecule has 0 saturated carbocycles. The van der Waals surface area contributed by atoms with Gasteiger partial charge in [-0.05, 0) is 32.8 Å². The maximum absolute atomic E-state index is 4.49. The van der Waals surface area contributed by atoms with Gasteiger partial charge in [0.05, 0.1) is 5.69 Å². The fourth-order valence-corrected chi connectivity index (χ4v) is 2.35. The molecular weight excluding hydrogens is 154 g/mol. The van der Waals surface area contributed by atoms with Crippen molar-refractivity contribution in [1.29, 1.82) is 0 Å². The molecule has 0 unspecified atom stereocenters. The molecule has 0 radical (unpaired) electrons. The van der Waals surface area contributed by atoms with E-state index >= 15 is 0 Å². The molecule has 2 rings (SSSR count). The van der Waals surface area contributed by atoms with E-state index in [4.69, 9.17) is 0 Å². The summed E-state index contributed by atoms with van der Waals surface area (Å²) in [5.74, 6) is 0. The molecule has 0 fully saturated rings. The Balaban J connectivity index is 2.50. The smallest absolute Gasteiger partial charge is 0.0770 e. The van der Waals surface area contributed by atoms with Crippen LogP contribution in [0.5, 0.6) is 0 Å². The first-order valence-corrected chi connectivity index (χ1v) is 4.71. The van der Waals surface area contributed by atoms with Gasteiger partial charge in [0, 0.05) is 15.5 Å². The average Bonchev–Trinajstić information content (AvgIpc) is 2.27. The van der Waals surface area contributed by atoms with Crippen LogP contribution in [0.4, 0.5) is 5.69 Å². The largest absolute Gasteiger partial charge is 0.257 e. The summed E-state index contributed by atoms with van der Waals surface area (Å²) in [6, 6.07) is 2.18. The Morgan fingerprint density at radius 1 is 1.36 bits per heavy atom. The lowest BCUT2D eigenvalue weighted by atomic mass is 10.1. The quantitative estimate of drug-likeness (QED) is 0.560. The summed E-state index contributed by atoms with van der Waals surface area (Å²) in [4.78, 5) is 7.34. The Hall–Kier alpha value is -0.630. The highest BCUT2D eigenvalue weighted by Gasteiger charge is 2.11. The van der Waals surface area contributed by atoms with Crippen molar-refractivity contribution in [2.75, 3.05) is 0 Å². The number of rotatable bonds is 0. The second kappa shape index (κ2) is 2.45. The normalized spacial score (nSPS) is 16.0. The number of hydrogen-bond acceptors (Lipinski definition) is 2. The summed E-state index contributed by atoms with van der Waals surface area (Å²) in [7, 11) is 0. The Kier molecular flexibility index (Phi) is 1.57. The number of nitrogens with zero attached hydrogens (tertiary/aromatic N) is 1. The lowest BCUT2D eigenvalue weighted by molar-refractivity contribution is 1.03. The molecule has 1 aliphatic rings. The first-order chi connectivity index (χ1) is 5.25. The second-order valence-corrected chi connectivity index (χ2v) is 4.35. The minimum Gasteiger partial charge on any atom is -0.257 e. The predicted molar refractivity (Wildman–Crippen MR) is 50.1 cm³/mol. The molecule has 0 amide bonds. The van der Waals surface area contributed by atoms with Crippen LogP contribution in [0.25, 0.3) is 0 Å². The van der Waals surface area contributed by atoms with E-state index in [-0.39, 0.29) is 0 Å². The highest BCUT2D eigenvalue weighted by Crippen LogP contribution is 2.33. The molecule has 0 aliphatic carbocycles. The summed E-state index contributed by atoms with van der Waals surface area (Å²) < 4.78 is 0. The van der Waals surface area contributed by atoms with Gasteiger partial charge in [-0.15, -0.1) is 11.3 Å². The van der Waals surface area contributed by atoms with Gasteiger partial charge < -0.3 is 0 Å². The molecule has 0 aromatic carbocycles. The molecule has 0 N–H and O–H groups in total. The minimum atomic E-state index is 1.15. The monoisotopic (exact) mass is 165 g/mol. The van der Waals surface area contributed by atoms with Gasteiger partial charge >= 0.3 is 0 Å². The molecule has 0 saturated heterocycles. The van der Waals surface area contributed by atoms with E-state index in [9.17, 15) is 0 Å². The van der Waals surface area contributed by atoms with Crippen molar-refractivity contribution in [2.45, 2.75) is 26.7 Å². The molecule has 0 atom stereocenters. The van der Waals surface area contributed by atoms with Crippen molar-refractivity contribution >= 4 is 22.7 Å². The van der Waals surface area contributed by atoms with Gasteiger partial charge in [0.25, 0.3) is 0 Å². The van der Waals surface area contributed by atoms with Gasteiger partial charge in [0.15, 0.2) is 0 Å². The molecule has 58 valence electrons. The van der Waals surface area contributed by atoms with Crippen LogP contribution in [0, 0.1) is 6.92 Å². The summed E-state index contributed by atoms with van der Waals surface area (Å²) in [6.07, 6.45) is 2.34. The highest BCUT2D eigenvalue weighted by molar-refractivity contribution is 7.12. The van der Waals surface area contributed by atoms with Crippen LogP contribution in [0.15, 0.2) is 11.1 Å². The molecule has 1 aromatic rings. The zero-order valence-corrected chi connectivity index (χ0v) is 7.66. The molecule has 0 spiro atoms. The van der Waals surface area contributed by atoms with Gasteiger partial charge in [-0.1, -0.05) is 0 Å². The standard InChI is InChI=1S/C9H11NS/c1-6-3-4-9-8(10-6)5-7(2)11-9/h5H,3-4H2,1-2H3. The topological polar surface area (TPSA) is 12.4 Å². The Bertz CT molecular complexity index is 309. The number of fused-ring (bicyclic) bond motifs is 1. The first kappa shape index (κ1) is 7.04. The molecule has 1 aliphatic heterocycles. The number of thiophene rings is 1. The van der Waals surface area contributed by atoms with Crippen LogP contribution in [-0.4, -0.2) is 5.71 Å². The number of aliphatic imine (C=N–C) groups is 1. The van der Waals surface area contributed by atoms with Crippen molar-refractivity contribution in [3.63, 3.8) is 0 Å². The van der Waals surface area contributed by atoms with Crippen molar-refractivity contribution in [3.8, 4) is 0 Å². The lowest BCUT2D eigenvalue weighted by Crippen LogP contribution is -1.98. The molecule has 2 heteroatoms. The van der Waals surface area contributed by atoms with Gasteiger partial charge in [0.1, 0.15) is 0 Å². The van der Waals surface area contributed by atoms with Gasteiger partial charge in [-0.3, -0.25) is 4.99 Å². The highest BCUT2D eigenvalue weighted by atomic mass is 32.1. The third-order valence-electron chi connectivity index (χ3n) is 1.94. The van der Waals surface area contributed by atoms with E-state index in [1.54, 1.807) is 0 Å². The molecular formula is C9H11NS. The molecule has 0 bridgehead atoms. The van der Waals surface area contributed by atoms with Crippen LogP contribution in [0.1, 0.15) is 23.1 Å². The fraction of sp³-hybridized carbons (Fsp3) is 0.444. The van der Waals surface area contributed by atoms with Crippen LogP contribution in [-0.2, 0) is 6.42 Å². The number of hydrogen-bond donors (Lipinski definition) is 0. The molecule has 2 heterocycles. The van der Waals surface area contributed by atoms with E-state index in [0.717, 1.165) is 6.42 Å². The van der Waals surface area contributed by atoms with Crippen LogP contribution in [0.2, 0.25) is 0 Å². The SMILES string of the molecule is CC1=Nc2cc(C)sc2CC1. The Morgan fingerprint density at radius 2 is 2.18 bits per heavy atom. The van der Waals surface area contributed by atoms with Crippen molar-refractivity contribution in [1.82, 2.24) is 0 Å². The predicted octanol–water partition coefficient (Wildman–Crippen LogP) is 3.10. The van der Waals surface area contributed by atoms with Crippen LogP contribution >= 0.6 is 11.3 Å². The third-order valence-corrected chi connectivity index (χ3v) is 3.03. The first-order valence-electron chi connectivity index (χ1n) is 3.89. The van der Waals surface area contributed by atoms with E-state index < -0.39 is 0 Å². The molecule has 1 aromatic heterocycles. The number of aryl methyl sites for hydroxylation is 2. The van der Waals surface area contributed by atoms with Gasteiger partial charge in [-0.25, -0.2) is 0 Å². The van der Waals surface area contributed by atoms with E-state index in [1.165, 1.54) is 27.6 Å². The second-order valence-electron chi connectivity index (χ2n) is 3.01. The van der Waals surface area contributed by atoms with Crippen LogP contribution in [0.3, 0.4) is 0 Å².